The number of carbonyl (C=O) groups is 1. The van der Waals surface area contributed by atoms with Gasteiger partial charge in [-0.05, 0) is 52.0 Å². The molecule has 0 atom stereocenters. The molecule has 1 N–H and O–H groups in total. The summed E-state index contributed by atoms with van der Waals surface area (Å²) in [6.45, 7) is 7.77. The SMILES string of the molecule is Cc1c(C(=O)NC(C)(C)C)cnn1-c1ccc(Br)cc1. The average molecular weight is 336 g/mol. The molecule has 0 radical (unpaired) electrons. The summed E-state index contributed by atoms with van der Waals surface area (Å²) in [5, 5.41) is 7.26. The van der Waals surface area contributed by atoms with E-state index < -0.39 is 0 Å². The molecule has 5 heteroatoms. The maximum absolute atomic E-state index is 12.2. The second kappa shape index (κ2) is 5.40. The lowest BCUT2D eigenvalue weighted by Crippen LogP contribution is -2.40. The molecule has 0 unspecified atom stereocenters. The van der Waals surface area contributed by atoms with Crippen LogP contribution >= 0.6 is 15.9 Å². The van der Waals surface area contributed by atoms with Crippen LogP contribution in [0.5, 0.6) is 0 Å². The Hall–Kier alpha value is -1.62. The molecule has 0 saturated carbocycles. The first-order valence-electron chi connectivity index (χ1n) is 6.41. The fourth-order valence-corrected chi connectivity index (χ4v) is 2.15. The van der Waals surface area contributed by atoms with Crippen molar-refractivity contribution in [2.75, 3.05) is 0 Å². The molecular formula is C15H18BrN3O. The van der Waals surface area contributed by atoms with Crippen LogP contribution < -0.4 is 5.32 Å². The van der Waals surface area contributed by atoms with Crippen molar-refractivity contribution in [2.45, 2.75) is 33.2 Å². The predicted octanol–water partition coefficient (Wildman–Crippen LogP) is 3.47. The molecule has 1 amide bonds. The van der Waals surface area contributed by atoms with E-state index >= 15 is 0 Å². The molecule has 1 heterocycles. The first kappa shape index (κ1) is 14.8. The van der Waals surface area contributed by atoms with Gasteiger partial charge >= 0.3 is 0 Å². The molecule has 2 rings (SSSR count). The molecule has 2 aromatic rings. The topological polar surface area (TPSA) is 46.9 Å². The minimum atomic E-state index is -0.261. The number of carbonyl (C=O) groups excluding carboxylic acids is 1. The van der Waals surface area contributed by atoms with Crippen molar-refractivity contribution in [3.05, 3.63) is 46.2 Å². The van der Waals surface area contributed by atoms with Crippen LogP contribution in [0.4, 0.5) is 0 Å². The normalized spacial score (nSPS) is 11.4. The number of amides is 1. The van der Waals surface area contributed by atoms with Gasteiger partial charge in [-0.3, -0.25) is 4.79 Å². The fraction of sp³-hybridized carbons (Fsp3) is 0.333. The third kappa shape index (κ3) is 3.28. The zero-order valence-corrected chi connectivity index (χ0v) is 13.7. The number of hydrogen-bond donors (Lipinski definition) is 1. The minimum Gasteiger partial charge on any atom is -0.347 e. The Balaban J connectivity index is 2.32. The molecule has 0 aliphatic heterocycles. The highest BCUT2D eigenvalue weighted by atomic mass is 79.9. The number of benzene rings is 1. The summed E-state index contributed by atoms with van der Waals surface area (Å²) in [6.07, 6.45) is 1.61. The van der Waals surface area contributed by atoms with Crippen LogP contribution in [0.25, 0.3) is 5.69 Å². The van der Waals surface area contributed by atoms with Gasteiger partial charge in [0.15, 0.2) is 0 Å². The molecule has 20 heavy (non-hydrogen) atoms. The lowest BCUT2D eigenvalue weighted by Gasteiger charge is -2.20. The van der Waals surface area contributed by atoms with E-state index in [-0.39, 0.29) is 11.4 Å². The Labute approximate surface area is 127 Å². The second-order valence-electron chi connectivity index (χ2n) is 5.74. The number of aromatic nitrogens is 2. The first-order valence-corrected chi connectivity index (χ1v) is 7.20. The van der Waals surface area contributed by atoms with Crippen molar-refractivity contribution in [1.29, 1.82) is 0 Å². The van der Waals surface area contributed by atoms with Gasteiger partial charge in [0.2, 0.25) is 0 Å². The highest BCUT2D eigenvalue weighted by molar-refractivity contribution is 9.10. The van der Waals surface area contributed by atoms with Gasteiger partial charge in [-0.2, -0.15) is 5.10 Å². The van der Waals surface area contributed by atoms with Gasteiger partial charge in [-0.15, -0.1) is 0 Å². The summed E-state index contributed by atoms with van der Waals surface area (Å²) in [5.41, 5.74) is 2.10. The number of rotatable bonds is 2. The third-order valence-electron chi connectivity index (χ3n) is 2.81. The highest BCUT2D eigenvalue weighted by Crippen LogP contribution is 2.17. The van der Waals surface area contributed by atoms with E-state index in [9.17, 15) is 4.79 Å². The van der Waals surface area contributed by atoms with Crippen LogP contribution in [-0.4, -0.2) is 21.2 Å². The molecule has 0 bridgehead atoms. The zero-order valence-electron chi connectivity index (χ0n) is 12.1. The summed E-state index contributed by atoms with van der Waals surface area (Å²) < 4.78 is 2.78. The molecule has 4 nitrogen and oxygen atoms in total. The Kier molecular flexibility index (Phi) is 3.99. The summed E-state index contributed by atoms with van der Waals surface area (Å²) >= 11 is 3.40. The molecule has 0 aliphatic rings. The summed E-state index contributed by atoms with van der Waals surface area (Å²) in [4.78, 5) is 12.2. The Morgan fingerprint density at radius 2 is 1.85 bits per heavy atom. The molecular weight excluding hydrogens is 318 g/mol. The number of hydrogen-bond acceptors (Lipinski definition) is 2. The van der Waals surface area contributed by atoms with Crippen molar-refractivity contribution in [2.24, 2.45) is 0 Å². The maximum atomic E-state index is 12.2. The Morgan fingerprint density at radius 1 is 1.25 bits per heavy atom. The van der Waals surface area contributed by atoms with Crippen LogP contribution in [0.2, 0.25) is 0 Å². The quantitative estimate of drug-likeness (QED) is 0.913. The van der Waals surface area contributed by atoms with E-state index in [0.717, 1.165) is 15.9 Å². The zero-order chi connectivity index (χ0) is 14.9. The predicted molar refractivity (Wildman–Crippen MR) is 83.2 cm³/mol. The van der Waals surface area contributed by atoms with Crippen molar-refractivity contribution in [1.82, 2.24) is 15.1 Å². The largest absolute Gasteiger partial charge is 0.347 e. The first-order chi connectivity index (χ1) is 9.28. The van der Waals surface area contributed by atoms with Crippen molar-refractivity contribution in [3.8, 4) is 5.69 Å². The maximum Gasteiger partial charge on any atom is 0.255 e. The number of nitrogens with one attached hydrogen (secondary N) is 1. The van der Waals surface area contributed by atoms with Crippen LogP contribution in [0, 0.1) is 6.92 Å². The standard InChI is InChI=1S/C15H18BrN3O/c1-10-13(14(20)18-15(2,3)4)9-17-19(10)12-7-5-11(16)6-8-12/h5-9H,1-4H3,(H,18,20). The van der Waals surface area contributed by atoms with Crippen LogP contribution in [-0.2, 0) is 0 Å². The lowest BCUT2D eigenvalue weighted by molar-refractivity contribution is 0.0919. The van der Waals surface area contributed by atoms with E-state index in [2.05, 4.69) is 26.3 Å². The van der Waals surface area contributed by atoms with Gasteiger partial charge in [-0.1, -0.05) is 15.9 Å². The monoisotopic (exact) mass is 335 g/mol. The summed E-state index contributed by atoms with van der Waals surface area (Å²) in [7, 11) is 0. The van der Waals surface area contributed by atoms with E-state index in [1.807, 2.05) is 52.0 Å². The highest BCUT2D eigenvalue weighted by Gasteiger charge is 2.19. The van der Waals surface area contributed by atoms with Crippen LogP contribution in [0.1, 0.15) is 36.8 Å². The van der Waals surface area contributed by atoms with Gasteiger partial charge in [0.05, 0.1) is 23.1 Å². The van der Waals surface area contributed by atoms with E-state index in [1.165, 1.54) is 0 Å². The Morgan fingerprint density at radius 3 is 2.40 bits per heavy atom. The van der Waals surface area contributed by atoms with Gasteiger partial charge in [-0.25, -0.2) is 4.68 Å². The molecule has 0 saturated heterocycles. The summed E-state index contributed by atoms with van der Waals surface area (Å²) in [5.74, 6) is -0.0987. The second-order valence-corrected chi connectivity index (χ2v) is 6.65. The van der Waals surface area contributed by atoms with Crippen LogP contribution in [0.3, 0.4) is 0 Å². The molecule has 0 fully saturated rings. The molecule has 0 aliphatic carbocycles. The van der Waals surface area contributed by atoms with E-state index in [1.54, 1.807) is 10.9 Å². The molecule has 1 aromatic carbocycles. The molecule has 0 spiro atoms. The van der Waals surface area contributed by atoms with Gasteiger partial charge in [0.25, 0.3) is 5.91 Å². The van der Waals surface area contributed by atoms with Crippen molar-refractivity contribution >= 4 is 21.8 Å². The number of nitrogens with zero attached hydrogens (tertiary/aromatic N) is 2. The Bertz CT molecular complexity index is 624. The molecule has 1 aromatic heterocycles. The van der Waals surface area contributed by atoms with Gasteiger partial charge < -0.3 is 5.32 Å². The minimum absolute atomic E-state index is 0.0987. The van der Waals surface area contributed by atoms with Crippen molar-refractivity contribution < 1.29 is 4.79 Å². The van der Waals surface area contributed by atoms with E-state index in [0.29, 0.717) is 5.56 Å². The van der Waals surface area contributed by atoms with Crippen LogP contribution in [0.15, 0.2) is 34.9 Å². The van der Waals surface area contributed by atoms with Gasteiger partial charge in [0.1, 0.15) is 0 Å². The number of halogens is 1. The lowest BCUT2D eigenvalue weighted by atomic mass is 10.1. The third-order valence-corrected chi connectivity index (χ3v) is 3.34. The average Bonchev–Trinajstić information content (AvgIpc) is 2.70. The van der Waals surface area contributed by atoms with Crippen molar-refractivity contribution in [3.63, 3.8) is 0 Å². The molecule has 106 valence electrons. The smallest absolute Gasteiger partial charge is 0.255 e. The van der Waals surface area contributed by atoms with Gasteiger partial charge in [0, 0.05) is 10.0 Å². The van der Waals surface area contributed by atoms with E-state index in [4.69, 9.17) is 0 Å². The fourth-order valence-electron chi connectivity index (χ4n) is 1.88. The summed E-state index contributed by atoms with van der Waals surface area (Å²) in [6, 6.07) is 7.81.